The fraction of sp³-hybridized carbons (Fsp3) is 0.316. The number of likely N-dealkylation sites (tertiary alicyclic amines) is 1. The maximum atomic E-state index is 12.8. The summed E-state index contributed by atoms with van der Waals surface area (Å²) in [5, 5.41) is 5.91. The van der Waals surface area contributed by atoms with Crippen LogP contribution in [0, 0.1) is 0 Å². The molecule has 1 fully saturated rings. The summed E-state index contributed by atoms with van der Waals surface area (Å²) in [5.41, 5.74) is 5.57. The van der Waals surface area contributed by atoms with Gasteiger partial charge in [0.05, 0.1) is 28.5 Å². The first-order chi connectivity index (χ1) is 13.8. The number of hydrogen-bond donors (Lipinski definition) is 3. The molecule has 0 saturated carbocycles. The number of amides is 4. The zero-order valence-corrected chi connectivity index (χ0v) is 16.6. The van der Waals surface area contributed by atoms with E-state index in [-0.39, 0.29) is 23.2 Å². The van der Waals surface area contributed by atoms with Gasteiger partial charge in [-0.05, 0) is 37.5 Å². The first kappa shape index (κ1) is 20.5. The number of anilines is 2. The van der Waals surface area contributed by atoms with E-state index in [0.29, 0.717) is 11.5 Å². The molecule has 1 saturated heterocycles. The van der Waals surface area contributed by atoms with Crippen molar-refractivity contribution in [2.75, 3.05) is 17.2 Å². The Bertz CT molecular complexity index is 958. The highest BCUT2D eigenvalue weighted by Crippen LogP contribution is 2.36. The number of piperidine rings is 1. The molecule has 0 unspecified atom stereocenters. The fourth-order valence-corrected chi connectivity index (χ4v) is 4.30. The van der Waals surface area contributed by atoms with Gasteiger partial charge in [-0.25, -0.2) is 0 Å². The number of carbonyl (C=O) groups excluding carboxylic acids is 4. The van der Waals surface area contributed by atoms with Crippen molar-refractivity contribution in [2.45, 2.75) is 32.2 Å². The third kappa shape index (κ3) is 4.96. The number of hydrogen-bond acceptors (Lipinski definition) is 6. The van der Waals surface area contributed by atoms with E-state index in [0.717, 1.165) is 24.1 Å². The van der Waals surface area contributed by atoms with E-state index in [1.54, 1.807) is 11.0 Å². The molecule has 3 rings (SSSR count). The van der Waals surface area contributed by atoms with Crippen molar-refractivity contribution < 1.29 is 19.2 Å². The second-order valence-electron chi connectivity index (χ2n) is 6.67. The van der Waals surface area contributed by atoms with Crippen LogP contribution in [0.2, 0.25) is 0 Å². The molecule has 1 aliphatic rings. The number of nitrogens with zero attached hydrogens (tertiary/aromatic N) is 2. The summed E-state index contributed by atoms with van der Waals surface area (Å²) in [7, 11) is 0. The molecule has 0 radical (unpaired) electrons. The van der Waals surface area contributed by atoms with Crippen LogP contribution in [0.3, 0.4) is 0 Å². The molecule has 4 amide bonds. The Morgan fingerprint density at radius 1 is 1.17 bits per heavy atom. The molecule has 29 heavy (non-hydrogen) atoms. The predicted octanol–water partition coefficient (Wildman–Crippen LogP) is 1.89. The number of nitrogens with two attached hydrogens (primary N) is 1. The summed E-state index contributed by atoms with van der Waals surface area (Å²) in [6.07, 6.45) is 5.10. The van der Waals surface area contributed by atoms with Crippen molar-refractivity contribution in [1.29, 1.82) is 0 Å². The van der Waals surface area contributed by atoms with Gasteiger partial charge in [0.2, 0.25) is 11.8 Å². The van der Waals surface area contributed by atoms with Gasteiger partial charge < -0.3 is 21.3 Å². The number of rotatable bonds is 4. The quantitative estimate of drug-likeness (QED) is 0.656. The lowest BCUT2D eigenvalue weighted by Crippen LogP contribution is -2.44. The van der Waals surface area contributed by atoms with Gasteiger partial charge in [-0.2, -0.15) is 0 Å². The maximum Gasteiger partial charge on any atom is 0.313 e. The molecule has 0 spiro atoms. The molecule has 152 valence electrons. The van der Waals surface area contributed by atoms with E-state index in [9.17, 15) is 19.2 Å². The van der Waals surface area contributed by atoms with Crippen LogP contribution in [-0.4, -0.2) is 40.1 Å². The van der Waals surface area contributed by atoms with E-state index >= 15 is 0 Å². The average Bonchev–Trinajstić information content (AvgIpc) is 3.15. The lowest BCUT2D eigenvalue weighted by Gasteiger charge is -2.34. The molecule has 1 aliphatic heterocycles. The smallest absolute Gasteiger partial charge is 0.313 e. The second kappa shape index (κ2) is 8.82. The van der Waals surface area contributed by atoms with Gasteiger partial charge in [0.1, 0.15) is 0 Å². The van der Waals surface area contributed by atoms with Crippen LogP contribution in [0.25, 0.3) is 0 Å². The van der Waals surface area contributed by atoms with Gasteiger partial charge >= 0.3 is 11.8 Å². The molecule has 0 aliphatic carbocycles. The second-order valence-corrected chi connectivity index (χ2v) is 7.79. The minimum atomic E-state index is -0.807. The molecular formula is C19H21N5O4S. The van der Waals surface area contributed by atoms with Crippen molar-refractivity contribution >= 4 is 45.7 Å². The SMILES string of the molecule is CC(=O)Nc1ccc([C@@H]2CCCCN2C(=O)C(=O)Nc2cncc(C(N)=O)c2)s1. The average molecular weight is 415 g/mol. The van der Waals surface area contributed by atoms with Crippen LogP contribution in [0.4, 0.5) is 10.7 Å². The van der Waals surface area contributed by atoms with Crippen molar-refractivity contribution in [3.05, 3.63) is 41.0 Å². The van der Waals surface area contributed by atoms with Gasteiger partial charge in [0, 0.05) is 24.5 Å². The summed E-state index contributed by atoms with van der Waals surface area (Å²) < 4.78 is 0. The molecule has 0 bridgehead atoms. The van der Waals surface area contributed by atoms with Crippen LogP contribution < -0.4 is 16.4 Å². The zero-order valence-electron chi connectivity index (χ0n) is 15.8. The summed E-state index contributed by atoms with van der Waals surface area (Å²) in [6.45, 7) is 1.89. The fourth-order valence-electron chi connectivity index (χ4n) is 3.20. The predicted molar refractivity (Wildman–Crippen MR) is 108 cm³/mol. The Morgan fingerprint density at radius 3 is 2.69 bits per heavy atom. The monoisotopic (exact) mass is 415 g/mol. The lowest BCUT2D eigenvalue weighted by atomic mass is 10.0. The van der Waals surface area contributed by atoms with Crippen LogP contribution in [0.15, 0.2) is 30.6 Å². The molecule has 2 aromatic rings. The molecule has 4 N–H and O–H groups in total. The Hall–Kier alpha value is -3.27. The molecule has 0 aromatic carbocycles. The normalized spacial score (nSPS) is 16.2. The van der Waals surface area contributed by atoms with E-state index in [2.05, 4.69) is 15.6 Å². The summed E-state index contributed by atoms with van der Waals surface area (Å²) in [6, 6.07) is 4.79. The molecule has 3 heterocycles. The van der Waals surface area contributed by atoms with Gasteiger partial charge in [-0.1, -0.05) is 0 Å². The Labute approximate surface area is 171 Å². The van der Waals surface area contributed by atoms with Crippen molar-refractivity contribution in [3.8, 4) is 0 Å². The largest absolute Gasteiger partial charge is 0.366 e. The van der Waals surface area contributed by atoms with Crippen LogP contribution >= 0.6 is 11.3 Å². The van der Waals surface area contributed by atoms with Crippen LogP contribution in [0.5, 0.6) is 0 Å². The Kier molecular flexibility index (Phi) is 6.23. The van der Waals surface area contributed by atoms with Gasteiger partial charge in [0.15, 0.2) is 0 Å². The highest BCUT2D eigenvalue weighted by atomic mass is 32.1. The number of thiophene rings is 1. The van der Waals surface area contributed by atoms with Crippen molar-refractivity contribution in [1.82, 2.24) is 9.88 Å². The van der Waals surface area contributed by atoms with Gasteiger partial charge in [0.25, 0.3) is 0 Å². The highest BCUT2D eigenvalue weighted by Gasteiger charge is 2.32. The number of aromatic nitrogens is 1. The van der Waals surface area contributed by atoms with E-state index in [1.807, 2.05) is 6.07 Å². The molecule has 9 nitrogen and oxygen atoms in total. The standard InChI is InChI=1S/C19H21N5O4S/c1-11(25)22-16-6-5-15(29-16)14-4-2-3-7-24(14)19(28)18(27)23-13-8-12(17(20)26)9-21-10-13/h5-6,8-10,14H,2-4,7H2,1H3,(H2,20,26)(H,22,25)(H,23,27)/t14-/m0/s1. The topological polar surface area (TPSA) is 134 Å². The molecular weight excluding hydrogens is 394 g/mol. The molecule has 1 atom stereocenters. The van der Waals surface area contributed by atoms with E-state index in [4.69, 9.17) is 5.73 Å². The van der Waals surface area contributed by atoms with Crippen LogP contribution in [-0.2, 0) is 14.4 Å². The van der Waals surface area contributed by atoms with Gasteiger partial charge in [-0.3, -0.25) is 24.2 Å². The Balaban J connectivity index is 1.74. The number of primary amides is 1. The number of nitrogens with one attached hydrogen (secondary N) is 2. The number of pyridine rings is 1. The summed E-state index contributed by atoms with van der Waals surface area (Å²) in [4.78, 5) is 54.2. The van der Waals surface area contributed by atoms with E-state index < -0.39 is 17.7 Å². The van der Waals surface area contributed by atoms with Crippen molar-refractivity contribution in [3.63, 3.8) is 0 Å². The summed E-state index contributed by atoms with van der Waals surface area (Å²) in [5.74, 6) is -2.31. The Morgan fingerprint density at radius 2 is 1.97 bits per heavy atom. The van der Waals surface area contributed by atoms with E-state index in [1.165, 1.54) is 36.7 Å². The molecule has 10 heteroatoms. The minimum Gasteiger partial charge on any atom is -0.366 e. The first-order valence-electron chi connectivity index (χ1n) is 9.09. The molecule has 2 aromatic heterocycles. The van der Waals surface area contributed by atoms with Crippen molar-refractivity contribution in [2.24, 2.45) is 5.73 Å². The highest BCUT2D eigenvalue weighted by molar-refractivity contribution is 7.16. The maximum absolute atomic E-state index is 12.8. The third-order valence-electron chi connectivity index (χ3n) is 4.49. The first-order valence-corrected chi connectivity index (χ1v) is 9.91. The minimum absolute atomic E-state index is 0.134. The lowest BCUT2D eigenvalue weighted by molar-refractivity contribution is -0.145. The summed E-state index contributed by atoms with van der Waals surface area (Å²) >= 11 is 1.39. The third-order valence-corrected chi connectivity index (χ3v) is 5.59. The van der Waals surface area contributed by atoms with Crippen LogP contribution in [0.1, 0.15) is 47.5 Å². The van der Waals surface area contributed by atoms with Gasteiger partial charge in [-0.15, -0.1) is 11.3 Å². The number of carbonyl (C=O) groups is 4. The zero-order chi connectivity index (χ0) is 21.0.